The molecular weight excluding hydrogens is 411 g/mol. The number of guanidine groups is 3. The quantitative estimate of drug-likeness (QED) is 0.759. The molecular formula is C20H12F3N7O. The lowest BCUT2D eigenvalue weighted by molar-refractivity contribution is -0.156. The maximum absolute atomic E-state index is 12.6. The smallest absolute Gasteiger partial charge is 0.422 e. The second-order valence-electron chi connectivity index (χ2n) is 6.47. The average Bonchev–Trinajstić information content (AvgIpc) is 2.78. The minimum atomic E-state index is -4.54. The summed E-state index contributed by atoms with van der Waals surface area (Å²) in [6.07, 6.45) is -4.54. The molecule has 0 fully saturated rings. The number of halogens is 3. The van der Waals surface area contributed by atoms with Gasteiger partial charge in [-0.3, -0.25) is 0 Å². The summed E-state index contributed by atoms with van der Waals surface area (Å²) in [4.78, 5) is 27.1. The van der Waals surface area contributed by atoms with Crippen molar-refractivity contribution < 1.29 is 17.9 Å². The molecule has 8 nitrogen and oxygen atoms in total. The molecule has 0 atom stereocenters. The SMILES string of the molecule is FC(F)(F)COC1=NC2=NC(c3ccccc3)=NC3=NC(c4ccccc4)=NC(=N1)N23. The van der Waals surface area contributed by atoms with Gasteiger partial charge in [0, 0.05) is 11.1 Å². The molecule has 0 amide bonds. The second kappa shape index (κ2) is 7.27. The fraction of sp³-hybridized carbons (Fsp3) is 0.100. The Morgan fingerprint density at radius 3 is 1.65 bits per heavy atom. The summed E-state index contributed by atoms with van der Waals surface area (Å²) in [6.45, 7) is -1.54. The molecule has 0 aromatic heterocycles. The molecule has 0 spiro atoms. The summed E-state index contributed by atoms with van der Waals surface area (Å²) in [5.41, 5.74) is 1.39. The van der Waals surface area contributed by atoms with E-state index in [4.69, 9.17) is 4.74 Å². The fourth-order valence-corrected chi connectivity index (χ4v) is 2.91. The van der Waals surface area contributed by atoms with Crippen molar-refractivity contribution in [2.45, 2.75) is 6.18 Å². The zero-order chi connectivity index (χ0) is 21.4. The molecule has 31 heavy (non-hydrogen) atoms. The maximum Gasteiger partial charge on any atom is 0.422 e. The van der Waals surface area contributed by atoms with Crippen LogP contribution in [0.4, 0.5) is 13.2 Å². The zero-order valence-electron chi connectivity index (χ0n) is 15.7. The van der Waals surface area contributed by atoms with Crippen LogP contribution in [0.1, 0.15) is 11.1 Å². The number of hydrogen-bond acceptors (Lipinski definition) is 8. The molecule has 3 aliphatic heterocycles. The summed E-state index contributed by atoms with van der Waals surface area (Å²) in [7, 11) is 0. The molecule has 0 aliphatic carbocycles. The molecule has 0 unspecified atom stereocenters. The van der Waals surface area contributed by atoms with Gasteiger partial charge < -0.3 is 4.74 Å². The van der Waals surface area contributed by atoms with Crippen LogP contribution >= 0.6 is 0 Å². The zero-order valence-corrected chi connectivity index (χ0v) is 15.7. The normalized spacial score (nSPS) is 17.5. The van der Waals surface area contributed by atoms with Crippen molar-refractivity contribution >= 4 is 35.6 Å². The van der Waals surface area contributed by atoms with Crippen molar-refractivity contribution in [1.29, 1.82) is 0 Å². The number of alkyl halides is 3. The third kappa shape index (κ3) is 3.84. The lowest BCUT2D eigenvalue weighted by Gasteiger charge is -2.30. The molecule has 0 bridgehead atoms. The van der Waals surface area contributed by atoms with Gasteiger partial charge in [0.15, 0.2) is 18.3 Å². The topological polar surface area (TPSA) is 86.6 Å². The monoisotopic (exact) mass is 423 g/mol. The van der Waals surface area contributed by atoms with E-state index in [9.17, 15) is 13.2 Å². The Kier molecular flexibility index (Phi) is 4.42. The van der Waals surface area contributed by atoms with Gasteiger partial charge in [0.1, 0.15) is 0 Å². The van der Waals surface area contributed by atoms with Crippen molar-refractivity contribution in [2.24, 2.45) is 30.0 Å². The highest BCUT2D eigenvalue weighted by Gasteiger charge is 2.37. The van der Waals surface area contributed by atoms with Gasteiger partial charge in [0.25, 0.3) is 0 Å². The number of ether oxygens (including phenoxy) is 1. The molecule has 0 saturated heterocycles. The predicted molar refractivity (Wildman–Crippen MR) is 110 cm³/mol. The van der Waals surface area contributed by atoms with Crippen LogP contribution in [-0.2, 0) is 4.74 Å². The number of benzene rings is 2. The number of aliphatic imine (C=N–C) groups is 6. The van der Waals surface area contributed by atoms with Gasteiger partial charge in [-0.15, -0.1) is 0 Å². The van der Waals surface area contributed by atoms with Gasteiger partial charge >= 0.3 is 12.2 Å². The van der Waals surface area contributed by atoms with Crippen LogP contribution in [0.2, 0.25) is 0 Å². The Labute approximate surface area is 173 Å². The lowest BCUT2D eigenvalue weighted by atomic mass is 10.2. The molecule has 11 heteroatoms. The van der Waals surface area contributed by atoms with Gasteiger partial charge in [-0.2, -0.15) is 43.1 Å². The summed E-state index contributed by atoms with van der Waals surface area (Å²) in [5, 5.41) is 0. The standard InChI is InChI=1S/C20H12F3N7O/c21-20(22,23)11-31-19-28-17-26-14(12-7-3-1-4-8-12)24-16-25-15(13-9-5-2-6-10-13)27-18(29-19)30(16)17/h1-10H,11H2. The van der Waals surface area contributed by atoms with Crippen molar-refractivity contribution in [1.82, 2.24) is 4.90 Å². The van der Waals surface area contributed by atoms with E-state index < -0.39 is 18.8 Å². The van der Waals surface area contributed by atoms with E-state index in [1.165, 1.54) is 4.90 Å². The van der Waals surface area contributed by atoms with Gasteiger partial charge in [-0.05, 0) is 0 Å². The van der Waals surface area contributed by atoms with Gasteiger partial charge in [0.05, 0.1) is 0 Å². The van der Waals surface area contributed by atoms with Crippen LogP contribution in [0.15, 0.2) is 90.6 Å². The molecule has 0 radical (unpaired) electrons. The average molecular weight is 423 g/mol. The van der Waals surface area contributed by atoms with Crippen LogP contribution in [-0.4, -0.2) is 53.3 Å². The molecule has 0 N–H and O–H groups in total. The highest BCUT2D eigenvalue weighted by atomic mass is 19.4. The van der Waals surface area contributed by atoms with Crippen LogP contribution < -0.4 is 0 Å². The number of amidine groups is 3. The molecule has 5 rings (SSSR count). The van der Waals surface area contributed by atoms with Crippen molar-refractivity contribution in [3.8, 4) is 0 Å². The first-order valence-electron chi connectivity index (χ1n) is 9.09. The molecule has 2 aromatic carbocycles. The fourth-order valence-electron chi connectivity index (χ4n) is 2.91. The molecule has 3 aliphatic rings. The Morgan fingerprint density at radius 2 is 1.13 bits per heavy atom. The maximum atomic E-state index is 12.6. The van der Waals surface area contributed by atoms with Gasteiger partial charge in [0.2, 0.25) is 17.9 Å². The number of rotatable bonds is 3. The molecule has 154 valence electrons. The highest BCUT2D eigenvalue weighted by molar-refractivity contribution is 6.32. The largest absolute Gasteiger partial charge is 0.454 e. The Morgan fingerprint density at radius 1 is 0.645 bits per heavy atom. The van der Waals surface area contributed by atoms with E-state index in [1.807, 2.05) is 36.4 Å². The van der Waals surface area contributed by atoms with Crippen molar-refractivity contribution in [3.05, 3.63) is 71.8 Å². The first-order chi connectivity index (χ1) is 15.0. The Bertz CT molecular complexity index is 1170. The van der Waals surface area contributed by atoms with E-state index in [0.717, 1.165) is 0 Å². The third-order valence-electron chi connectivity index (χ3n) is 4.24. The van der Waals surface area contributed by atoms with E-state index in [-0.39, 0.29) is 17.9 Å². The molecule has 0 saturated carbocycles. The van der Waals surface area contributed by atoms with Crippen molar-refractivity contribution in [2.75, 3.05) is 6.61 Å². The van der Waals surface area contributed by atoms with Crippen LogP contribution in [0.25, 0.3) is 0 Å². The second-order valence-corrected chi connectivity index (χ2v) is 6.47. The van der Waals surface area contributed by atoms with E-state index in [2.05, 4.69) is 30.0 Å². The number of nitrogens with zero attached hydrogens (tertiary/aromatic N) is 7. The van der Waals surface area contributed by atoms with Crippen LogP contribution in [0.5, 0.6) is 0 Å². The first kappa shape index (κ1) is 18.9. The minimum absolute atomic E-state index is 0.0191. The van der Waals surface area contributed by atoms with E-state index in [0.29, 0.717) is 22.8 Å². The minimum Gasteiger partial charge on any atom is -0.454 e. The van der Waals surface area contributed by atoms with Gasteiger partial charge in [-0.1, -0.05) is 60.7 Å². The summed E-state index contributed by atoms with van der Waals surface area (Å²) >= 11 is 0. The highest BCUT2D eigenvalue weighted by Crippen LogP contribution is 2.22. The van der Waals surface area contributed by atoms with Crippen molar-refractivity contribution in [3.63, 3.8) is 0 Å². The van der Waals surface area contributed by atoms with E-state index in [1.54, 1.807) is 24.3 Å². The summed E-state index contributed by atoms with van der Waals surface area (Å²) in [6, 6.07) is 17.7. The third-order valence-corrected chi connectivity index (χ3v) is 4.24. The number of hydrogen-bond donors (Lipinski definition) is 0. The molecule has 2 aromatic rings. The predicted octanol–water partition coefficient (Wildman–Crippen LogP) is 3.23. The van der Waals surface area contributed by atoms with Crippen LogP contribution in [0, 0.1) is 0 Å². The summed E-state index contributed by atoms with van der Waals surface area (Å²) < 4.78 is 42.6. The lowest BCUT2D eigenvalue weighted by Crippen LogP contribution is -2.48. The van der Waals surface area contributed by atoms with E-state index >= 15 is 0 Å². The van der Waals surface area contributed by atoms with Crippen LogP contribution in [0.3, 0.4) is 0 Å². The molecule has 3 heterocycles. The Balaban J connectivity index is 1.61. The summed E-state index contributed by atoms with van der Waals surface area (Å²) in [5.74, 6) is 0.853. The van der Waals surface area contributed by atoms with Gasteiger partial charge in [-0.25, -0.2) is 4.90 Å². The Hall–Kier alpha value is -4.15. The first-order valence-corrected chi connectivity index (χ1v) is 9.09.